The Morgan fingerprint density at radius 2 is 1.74 bits per heavy atom. The summed E-state index contributed by atoms with van der Waals surface area (Å²) in [6.45, 7) is 2.52. The SMILES string of the molecule is CCOc1ccc(Cc2nnc(SCc3ccc(F)cc3)n(N)c2=O)cc1. The van der Waals surface area contributed by atoms with Crippen molar-refractivity contribution in [3.05, 3.63) is 81.5 Å². The van der Waals surface area contributed by atoms with Crippen LogP contribution in [0, 0.1) is 5.82 Å². The van der Waals surface area contributed by atoms with Gasteiger partial charge in [-0.15, -0.1) is 10.2 Å². The van der Waals surface area contributed by atoms with E-state index in [1.165, 1.54) is 23.9 Å². The van der Waals surface area contributed by atoms with E-state index >= 15 is 0 Å². The number of hydrogen-bond acceptors (Lipinski definition) is 6. The highest BCUT2D eigenvalue weighted by Gasteiger charge is 2.12. The van der Waals surface area contributed by atoms with Gasteiger partial charge in [0.15, 0.2) is 0 Å². The predicted molar refractivity (Wildman–Crippen MR) is 103 cm³/mol. The van der Waals surface area contributed by atoms with Crippen LogP contribution in [0.25, 0.3) is 0 Å². The topological polar surface area (TPSA) is 83.0 Å². The summed E-state index contributed by atoms with van der Waals surface area (Å²) < 4.78 is 19.4. The van der Waals surface area contributed by atoms with Crippen LogP contribution in [-0.4, -0.2) is 21.5 Å². The molecule has 8 heteroatoms. The van der Waals surface area contributed by atoms with Crippen LogP contribution in [-0.2, 0) is 12.2 Å². The van der Waals surface area contributed by atoms with Crippen LogP contribution in [0.5, 0.6) is 5.75 Å². The Kier molecular flexibility index (Phi) is 6.08. The van der Waals surface area contributed by atoms with E-state index in [-0.39, 0.29) is 17.1 Å². The summed E-state index contributed by atoms with van der Waals surface area (Å²) in [4.78, 5) is 12.5. The molecule has 0 aliphatic heterocycles. The molecule has 0 fully saturated rings. The number of nitrogen functional groups attached to an aromatic ring is 1. The fourth-order valence-electron chi connectivity index (χ4n) is 2.42. The Bertz CT molecular complexity index is 959. The zero-order valence-corrected chi connectivity index (χ0v) is 15.6. The second-order valence-electron chi connectivity index (χ2n) is 5.77. The first-order chi connectivity index (χ1) is 13.1. The number of nitrogens with two attached hydrogens (primary N) is 1. The normalized spacial score (nSPS) is 10.7. The third-order valence-corrected chi connectivity index (χ3v) is 4.83. The van der Waals surface area contributed by atoms with Gasteiger partial charge in [-0.1, -0.05) is 36.0 Å². The van der Waals surface area contributed by atoms with Gasteiger partial charge in [0.2, 0.25) is 5.16 Å². The molecule has 3 rings (SSSR count). The van der Waals surface area contributed by atoms with Gasteiger partial charge in [0.1, 0.15) is 17.3 Å². The lowest BCUT2D eigenvalue weighted by atomic mass is 10.1. The summed E-state index contributed by atoms with van der Waals surface area (Å²) in [5, 5.41) is 8.42. The second kappa shape index (κ2) is 8.68. The standard InChI is InChI=1S/C19H19FN4O2S/c1-2-26-16-9-5-13(6-10-16)11-17-18(25)24(21)19(23-22-17)27-12-14-3-7-15(20)8-4-14/h3-10H,2,11-12,21H2,1H3. The first-order valence-electron chi connectivity index (χ1n) is 8.39. The van der Waals surface area contributed by atoms with Crippen LogP contribution in [0.3, 0.4) is 0 Å². The minimum Gasteiger partial charge on any atom is -0.494 e. The van der Waals surface area contributed by atoms with Crippen LogP contribution in [0.4, 0.5) is 4.39 Å². The van der Waals surface area contributed by atoms with Gasteiger partial charge in [0.25, 0.3) is 5.56 Å². The summed E-state index contributed by atoms with van der Waals surface area (Å²) in [6.07, 6.45) is 0.332. The Morgan fingerprint density at radius 1 is 1.07 bits per heavy atom. The number of halogens is 1. The lowest BCUT2D eigenvalue weighted by Crippen LogP contribution is -2.33. The van der Waals surface area contributed by atoms with E-state index in [0.717, 1.165) is 21.6 Å². The van der Waals surface area contributed by atoms with Gasteiger partial charge in [-0.2, -0.15) is 4.68 Å². The number of nitrogens with zero attached hydrogens (tertiary/aromatic N) is 3. The molecule has 0 radical (unpaired) electrons. The summed E-state index contributed by atoms with van der Waals surface area (Å²) in [5.74, 6) is 6.87. The van der Waals surface area contributed by atoms with Crippen LogP contribution in [0.2, 0.25) is 0 Å². The van der Waals surface area contributed by atoms with E-state index in [9.17, 15) is 9.18 Å². The zero-order chi connectivity index (χ0) is 19.2. The molecule has 0 spiro atoms. The monoisotopic (exact) mass is 386 g/mol. The first kappa shape index (κ1) is 18.9. The maximum atomic E-state index is 12.9. The van der Waals surface area contributed by atoms with Crippen LogP contribution >= 0.6 is 11.8 Å². The number of aromatic nitrogens is 3. The van der Waals surface area contributed by atoms with Crippen LogP contribution in [0.15, 0.2) is 58.5 Å². The van der Waals surface area contributed by atoms with Gasteiger partial charge in [-0.3, -0.25) is 4.79 Å². The Labute approximate surface area is 160 Å². The average Bonchev–Trinajstić information content (AvgIpc) is 2.68. The van der Waals surface area contributed by atoms with Crippen LogP contribution < -0.4 is 16.1 Å². The fourth-order valence-corrected chi connectivity index (χ4v) is 3.23. The van der Waals surface area contributed by atoms with Crippen molar-refractivity contribution in [1.29, 1.82) is 0 Å². The lowest BCUT2D eigenvalue weighted by molar-refractivity contribution is 0.340. The molecule has 0 saturated heterocycles. The van der Waals surface area contributed by atoms with Crippen molar-refractivity contribution in [2.75, 3.05) is 12.4 Å². The molecule has 2 N–H and O–H groups in total. The molecular weight excluding hydrogens is 367 g/mol. The van der Waals surface area contributed by atoms with Gasteiger partial charge in [0.05, 0.1) is 6.61 Å². The van der Waals surface area contributed by atoms with E-state index in [1.807, 2.05) is 31.2 Å². The number of thioether (sulfide) groups is 1. The highest BCUT2D eigenvalue weighted by Crippen LogP contribution is 2.19. The Hall–Kier alpha value is -2.87. The van der Waals surface area contributed by atoms with Gasteiger partial charge >= 0.3 is 0 Å². The minimum atomic E-state index is -0.388. The second-order valence-corrected chi connectivity index (χ2v) is 6.72. The predicted octanol–water partition coefficient (Wildman–Crippen LogP) is 2.77. The maximum absolute atomic E-state index is 12.9. The van der Waals surface area contributed by atoms with Crippen molar-refractivity contribution in [3.63, 3.8) is 0 Å². The maximum Gasteiger partial charge on any atom is 0.294 e. The van der Waals surface area contributed by atoms with Gasteiger partial charge in [0, 0.05) is 12.2 Å². The molecule has 0 bridgehead atoms. The number of ether oxygens (including phenoxy) is 1. The number of benzene rings is 2. The molecular formula is C19H19FN4O2S. The third-order valence-electron chi connectivity index (χ3n) is 3.82. The highest BCUT2D eigenvalue weighted by atomic mass is 32.2. The molecule has 0 amide bonds. The van der Waals surface area contributed by atoms with Crippen LogP contribution in [0.1, 0.15) is 23.7 Å². The molecule has 0 aliphatic rings. The van der Waals surface area contributed by atoms with E-state index in [4.69, 9.17) is 10.6 Å². The molecule has 0 unspecified atom stereocenters. The van der Waals surface area contributed by atoms with Gasteiger partial charge in [-0.25, -0.2) is 4.39 Å². The molecule has 6 nitrogen and oxygen atoms in total. The van der Waals surface area contributed by atoms with E-state index in [0.29, 0.717) is 23.9 Å². The van der Waals surface area contributed by atoms with Crippen molar-refractivity contribution >= 4 is 11.8 Å². The molecule has 0 saturated carbocycles. The van der Waals surface area contributed by atoms with E-state index in [1.54, 1.807) is 12.1 Å². The Balaban J connectivity index is 1.70. The quantitative estimate of drug-likeness (QED) is 0.497. The molecule has 1 aromatic heterocycles. The van der Waals surface area contributed by atoms with Crippen molar-refractivity contribution < 1.29 is 9.13 Å². The zero-order valence-electron chi connectivity index (χ0n) is 14.8. The van der Waals surface area contributed by atoms with Crippen molar-refractivity contribution in [3.8, 4) is 5.75 Å². The Morgan fingerprint density at radius 3 is 2.41 bits per heavy atom. The average molecular weight is 386 g/mol. The molecule has 140 valence electrons. The number of rotatable bonds is 7. The summed E-state index contributed by atoms with van der Waals surface area (Å²) >= 11 is 1.27. The van der Waals surface area contributed by atoms with Crippen molar-refractivity contribution in [2.24, 2.45) is 0 Å². The smallest absolute Gasteiger partial charge is 0.294 e. The summed E-state index contributed by atoms with van der Waals surface area (Å²) in [5.41, 5.74) is 1.69. The van der Waals surface area contributed by atoms with E-state index < -0.39 is 0 Å². The summed E-state index contributed by atoms with van der Waals surface area (Å²) in [6, 6.07) is 13.6. The van der Waals surface area contributed by atoms with Gasteiger partial charge in [-0.05, 0) is 42.3 Å². The lowest BCUT2D eigenvalue weighted by Gasteiger charge is -2.08. The molecule has 0 atom stereocenters. The third kappa shape index (κ3) is 4.85. The molecule has 0 aliphatic carbocycles. The fraction of sp³-hybridized carbons (Fsp3) is 0.211. The molecule has 1 heterocycles. The summed E-state index contributed by atoms with van der Waals surface area (Å²) in [7, 11) is 0. The molecule has 2 aromatic carbocycles. The molecule has 3 aromatic rings. The largest absolute Gasteiger partial charge is 0.494 e. The minimum absolute atomic E-state index is 0.271. The first-order valence-corrected chi connectivity index (χ1v) is 9.38. The van der Waals surface area contributed by atoms with Crippen molar-refractivity contribution in [2.45, 2.75) is 24.3 Å². The van der Waals surface area contributed by atoms with Gasteiger partial charge < -0.3 is 10.6 Å². The van der Waals surface area contributed by atoms with E-state index in [2.05, 4.69) is 10.2 Å². The molecule has 27 heavy (non-hydrogen) atoms. The number of hydrogen-bond donors (Lipinski definition) is 1. The highest BCUT2D eigenvalue weighted by molar-refractivity contribution is 7.98. The van der Waals surface area contributed by atoms with Crippen molar-refractivity contribution in [1.82, 2.24) is 14.9 Å².